The Morgan fingerprint density at radius 1 is 1.44 bits per heavy atom. The molecule has 0 atom stereocenters. The molecule has 0 spiro atoms. The minimum Gasteiger partial charge on any atom is -0.384 e. The van der Waals surface area contributed by atoms with Gasteiger partial charge in [-0.2, -0.15) is 0 Å². The molecule has 0 aliphatic heterocycles. The molecule has 1 aromatic rings. The van der Waals surface area contributed by atoms with Gasteiger partial charge < -0.3 is 11.1 Å². The minimum atomic E-state index is 0.0419. The van der Waals surface area contributed by atoms with Crippen LogP contribution in [-0.4, -0.2) is 10.9 Å². The van der Waals surface area contributed by atoms with Crippen molar-refractivity contribution in [2.75, 3.05) is 11.1 Å². The second-order valence-corrected chi connectivity index (χ2v) is 3.91. The lowest BCUT2D eigenvalue weighted by Gasteiger charge is -2.11. The molecule has 1 aromatic heterocycles. The van der Waals surface area contributed by atoms with Crippen LogP contribution in [0.25, 0.3) is 0 Å². The molecule has 0 bridgehead atoms. The minimum absolute atomic E-state index is 0.0419. The van der Waals surface area contributed by atoms with Gasteiger partial charge in [0.05, 0.1) is 11.9 Å². The molecule has 16 heavy (non-hydrogen) atoms. The van der Waals surface area contributed by atoms with Gasteiger partial charge >= 0.3 is 0 Å². The molecule has 1 rings (SSSR count). The Balaban J connectivity index is 2.48. The van der Waals surface area contributed by atoms with E-state index in [4.69, 9.17) is 5.73 Å². The normalized spacial score (nSPS) is 10.4. The zero-order valence-electron chi connectivity index (χ0n) is 9.86. The van der Waals surface area contributed by atoms with E-state index >= 15 is 0 Å². The number of anilines is 2. The zero-order chi connectivity index (χ0) is 12.0. The molecule has 0 aliphatic carbocycles. The standard InChI is InChI=1S/C12H19N3O/c1-3-9(4-2)7-12(16)15-10-5-6-11(13)14-8-10/h5-6,8-9H,3-4,7H2,1-2H3,(H2,13,14)(H,15,16). The molecule has 1 heterocycles. The van der Waals surface area contributed by atoms with E-state index < -0.39 is 0 Å². The van der Waals surface area contributed by atoms with E-state index in [2.05, 4.69) is 24.1 Å². The predicted molar refractivity (Wildman–Crippen MR) is 66.0 cm³/mol. The maximum absolute atomic E-state index is 11.7. The lowest BCUT2D eigenvalue weighted by Crippen LogP contribution is -2.16. The number of nitrogens with two attached hydrogens (primary N) is 1. The third-order valence-electron chi connectivity index (χ3n) is 2.70. The van der Waals surface area contributed by atoms with Gasteiger partial charge in [-0.3, -0.25) is 4.79 Å². The summed E-state index contributed by atoms with van der Waals surface area (Å²) in [5.74, 6) is 0.958. The van der Waals surface area contributed by atoms with Crippen molar-refractivity contribution in [1.82, 2.24) is 4.98 Å². The molecule has 0 fully saturated rings. The van der Waals surface area contributed by atoms with Crippen molar-refractivity contribution in [2.45, 2.75) is 33.1 Å². The first-order chi connectivity index (χ1) is 7.65. The molecule has 0 saturated carbocycles. The number of nitrogen functional groups attached to an aromatic ring is 1. The molecular weight excluding hydrogens is 202 g/mol. The summed E-state index contributed by atoms with van der Waals surface area (Å²) in [6.07, 6.45) is 4.20. The van der Waals surface area contributed by atoms with E-state index in [9.17, 15) is 4.79 Å². The Bertz CT molecular complexity index is 331. The molecule has 0 radical (unpaired) electrons. The number of carbonyl (C=O) groups excluding carboxylic acids is 1. The molecule has 4 heteroatoms. The highest BCUT2D eigenvalue weighted by molar-refractivity contribution is 5.90. The number of hydrogen-bond donors (Lipinski definition) is 2. The van der Waals surface area contributed by atoms with Crippen molar-refractivity contribution in [2.24, 2.45) is 5.92 Å². The summed E-state index contributed by atoms with van der Waals surface area (Å²) in [4.78, 5) is 15.6. The fraction of sp³-hybridized carbons (Fsp3) is 0.500. The van der Waals surface area contributed by atoms with Crippen LogP contribution in [-0.2, 0) is 4.79 Å². The first-order valence-electron chi connectivity index (χ1n) is 5.67. The van der Waals surface area contributed by atoms with Crippen LogP contribution in [0.1, 0.15) is 33.1 Å². The Morgan fingerprint density at radius 2 is 2.12 bits per heavy atom. The highest BCUT2D eigenvalue weighted by Gasteiger charge is 2.10. The molecule has 4 nitrogen and oxygen atoms in total. The van der Waals surface area contributed by atoms with E-state index in [0.29, 0.717) is 23.8 Å². The summed E-state index contributed by atoms with van der Waals surface area (Å²) >= 11 is 0. The Morgan fingerprint density at radius 3 is 2.62 bits per heavy atom. The summed E-state index contributed by atoms with van der Waals surface area (Å²) in [6, 6.07) is 3.43. The molecule has 0 aromatic carbocycles. The molecule has 0 aliphatic rings. The van der Waals surface area contributed by atoms with Crippen LogP contribution < -0.4 is 11.1 Å². The van der Waals surface area contributed by atoms with Crippen LogP contribution in [0.2, 0.25) is 0 Å². The first-order valence-corrected chi connectivity index (χ1v) is 5.67. The maximum atomic E-state index is 11.7. The van der Waals surface area contributed by atoms with Crippen LogP contribution in [0, 0.1) is 5.92 Å². The van der Waals surface area contributed by atoms with Crippen molar-refractivity contribution >= 4 is 17.4 Å². The summed E-state index contributed by atoms with van der Waals surface area (Å²) in [6.45, 7) is 4.21. The third kappa shape index (κ3) is 3.88. The number of amides is 1. The predicted octanol–water partition coefficient (Wildman–Crippen LogP) is 2.43. The molecule has 0 saturated heterocycles. The zero-order valence-corrected chi connectivity index (χ0v) is 9.86. The average molecular weight is 221 g/mol. The number of pyridine rings is 1. The third-order valence-corrected chi connectivity index (χ3v) is 2.70. The van der Waals surface area contributed by atoms with E-state index in [1.807, 2.05) is 0 Å². The highest BCUT2D eigenvalue weighted by atomic mass is 16.1. The van der Waals surface area contributed by atoms with E-state index in [1.165, 1.54) is 0 Å². The fourth-order valence-electron chi connectivity index (χ4n) is 1.53. The van der Waals surface area contributed by atoms with E-state index in [-0.39, 0.29) is 5.91 Å². The van der Waals surface area contributed by atoms with Gasteiger partial charge in [0, 0.05) is 6.42 Å². The summed E-state index contributed by atoms with van der Waals surface area (Å²) in [7, 11) is 0. The number of rotatable bonds is 5. The maximum Gasteiger partial charge on any atom is 0.224 e. The number of carbonyl (C=O) groups is 1. The molecular formula is C12H19N3O. The van der Waals surface area contributed by atoms with Gasteiger partial charge in [0.15, 0.2) is 0 Å². The Kier molecular flexibility index (Phi) is 4.76. The number of nitrogens with zero attached hydrogens (tertiary/aromatic N) is 1. The van der Waals surface area contributed by atoms with Gasteiger partial charge in [-0.25, -0.2) is 4.98 Å². The van der Waals surface area contributed by atoms with Crippen LogP contribution in [0.3, 0.4) is 0 Å². The fourth-order valence-corrected chi connectivity index (χ4v) is 1.53. The first kappa shape index (κ1) is 12.5. The quantitative estimate of drug-likeness (QED) is 0.802. The molecule has 1 amide bonds. The number of hydrogen-bond acceptors (Lipinski definition) is 3. The largest absolute Gasteiger partial charge is 0.384 e. The lowest BCUT2D eigenvalue weighted by atomic mass is 9.99. The van der Waals surface area contributed by atoms with Crippen LogP contribution in [0.4, 0.5) is 11.5 Å². The summed E-state index contributed by atoms with van der Waals surface area (Å²) in [5.41, 5.74) is 6.16. The van der Waals surface area contributed by atoms with Gasteiger partial charge in [-0.1, -0.05) is 26.7 Å². The van der Waals surface area contributed by atoms with Gasteiger partial charge in [0.2, 0.25) is 5.91 Å². The van der Waals surface area contributed by atoms with Gasteiger partial charge in [-0.15, -0.1) is 0 Å². The van der Waals surface area contributed by atoms with Crippen molar-refractivity contribution in [3.05, 3.63) is 18.3 Å². The Labute approximate surface area is 96.3 Å². The highest BCUT2D eigenvalue weighted by Crippen LogP contribution is 2.14. The van der Waals surface area contributed by atoms with Crippen molar-refractivity contribution in [1.29, 1.82) is 0 Å². The van der Waals surface area contributed by atoms with Crippen LogP contribution in [0.15, 0.2) is 18.3 Å². The second kappa shape index (κ2) is 6.10. The number of aromatic nitrogens is 1. The lowest BCUT2D eigenvalue weighted by molar-refractivity contribution is -0.117. The van der Waals surface area contributed by atoms with Crippen LogP contribution >= 0.6 is 0 Å². The van der Waals surface area contributed by atoms with Gasteiger partial charge in [-0.05, 0) is 18.1 Å². The van der Waals surface area contributed by atoms with Crippen LogP contribution in [0.5, 0.6) is 0 Å². The van der Waals surface area contributed by atoms with Gasteiger partial charge in [0.1, 0.15) is 5.82 Å². The molecule has 88 valence electrons. The topological polar surface area (TPSA) is 68.0 Å². The second-order valence-electron chi connectivity index (χ2n) is 3.91. The average Bonchev–Trinajstić information content (AvgIpc) is 2.29. The Hall–Kier alpha value is -1.58. The van der Waals surface area contributed by atoms with Gasteiger partial charge in [0.25, 0.3) is 0 Å². The smallest absolute Gasteiger partial charge is 0.224 e. The summed E-state index contributed by atoms with van der Waals surface area (Å²) in [5, 5.41) is 2.81. The van der Waals surface area contributed by atoms with E-state index in [1.54, 1.807) is 18.3 Å². The van der Waals surface area contributed by atoms with Crippen molar-refractivity contribution in [3.63, 3.8) is 0 Å². The SMILES string of the molecule is CCC(CC)CC(=O)Nc1ccc(N)nc1. The van der Waals surface area contributed by atoms with E-state index in [0.717, 1.165) is 12.8 Å². The van der Waals surface area contributed by atoms with Crippen molar-refractivity contribution in [3.8, 4) is 0 Å². The monoisotopic (exact) mass is 221 g/mol. The van der Waals surface area contributed by atoms with Crippen molar-refractivity contribution < 1.29 is 4.79 Å². The molecule has 3 N–H and O–H groups in total. The summed E-state index contributed by atoms with van der Waals surface area (Å²) < 4.78 is 0. The number of nitrogens with one attached hydrogen (secondary N) is 1. The molecule has 0 unspecified atom stereocenters.